The van der Waals surface area contributed by atoms with E-state index in [0.717, 1.165) is 43.1 Å². The number of hydrogen-bond acceptors (Lipinski definition) is 1. The van der Waals surface area contributed by atoms with Crippen molar-refractivity contribution in [3.8, 4) is 0 Å². The SMILES string of the molecule is Cc1cc(C(N)C23CC4CC(CC(C4)C2)C3)c(F)cc1F. The maximum absolute atomic E-state index is 14.2. The second-order valence-corrected chi connectivity index (χ2v) is 7.88. The molecule has 4 saturated carbocycles. The fraction of sp³-hybridized carbons (Fsp3) is 0.667. The molecule has 114 valence electrons. The Morgan fingerprint density at radius 1 is 1.00 bits per heavy atom. The molecular formula is C18H23F2N. The zero-order chi connectivity index (χ0) is 14.8. The van der Waals surface area contributed by atoms with Gasteiger partial charge in [-0.3, -0.25) is 0 Å². The number of benzene rings is 1. The number of rotatable bonds is 2. The van der Waals surface area contributed by atoms with Crippen LogP contribution in [-0.4, -0.2) is 0 Å². The van der Waals surface area contributed by atoms with E-state index in [1.165, 1.54) is 19.3 Å². The quantitative estimate of drug-likeness (QED) is 0.853. The van der Waals surface area contributed by atoms with E-state index in [-0.39, 0.29) is 11.5 Å². The molecule has 0 saturated heterocycles. The smallest absolute Gasteiger partial charge is 0.130 e. The number of hydrogen-bond donors (Lipinski definition) is 1. The number of nitrogens with two attached hydrogens (primary N) is 1. The maximum Gasteiger partial charge on any atom is 0.130 e. The molecule has 21 heavy (non-hydrogen) atoms. The van der Waals surface area contributed by atoms with Gasteiger partial charge in [-0.1, -0.05) is 0 Å². The monoisotopic (exact) mass is 291 g/mol. The van der Waals surface area contributed by atoms with Crippen molar-refractivity contribution in [2.75, 3.05) is 0 Å². The van der Waals surface area contributed by atoms with E-state index < -0.39 is 11.6 Å². The second-order valence-electron chi connectivity index (χ2n) is 7.88. The van der Waals surface area contributed by atoms with E-state index in [1.807, 2.05) is 0 Å². The van der Waals surface area contributed by atoms with Gasteiger partial charge >= 0.3 is 0 Å². The first-order valence-electron chi connectivity index (χ1n) is 8.18. The minimum absolute atomic E-state index is 0.0554. The lowest BCUT2D eigenvalue weighted by molar-refractivity contribution is -0.0683. The van der Waals surface area contributed by atoms with Crippen LogP contribution in [0.2, 0.25) is 0 Å². The molecule has 1 atom stereocenters. The molecule has 1 nitrogen and oxygen atoms in total. The lowest BCUT2D eigenvalue weighted by atomic mass is 9.47. The van der Waals surface area contributed by atoms with Crippen LogP contribution >= 0.6 is 0 Å². The van der Waals surface area contributed by atoms with Crippen LogP contribution in [0.3, 0.4) is 0 Å². The highest BCUT2D eigenvalue weighted by Crippen LogP contribution is 2.63. The first-order chi connectivity index (χ1) is 9.97. The summed E-state index contributed by atoms with van der Waals surface area (Å²) in [5.74, 6) is 1.40. The topological polar surface area (TPSA) is 26.0 Å². The van der Waals surface area contributed by atoms with Crippen molar-refractivity contribution < 1.29 is 8.78 Å². The van der Waals surface area contributed by atoms with Crippen molar-refractivity contribution >= 4 is 0 Å². The van der Waals surface area contributed by atoms with Gasteiger partial charge in [0.15, 0.2) is 0 Å². The standard InChI is InChI=1S/C18H23F2N/c1-10-2-14(16(20)6-15(10)19)17(21)18-7-11-3-12(8-18)5-13(4-11)9-18/h2,6,11-13,17H,3-5,7-9,21H2,1H3. The first-order valence-corrected chi connectivity index (χ1v) is 8.18. The van der Waals surface area contributed by atoms with E-state index in [4.69, 9.17) is 5.73 Å². The fourth-order valence-corrected chi connectivity index (χ4v) is 5.81. The van der Waals surface area contributed by atoms with Crippen LogP contribution in [0, 0.1) is 41.7 Å². The number of halogens is 2. The van der Waals surface area contributed by atoms with Gasteiger partial charge in [-0.05, 0) is 80.2 Å². The van der Waals surface area contributed by atoms with Crippen molar-refractivity contribution in [3.63, 3.8) is 0 Å². The highest BCUT2D eigenvalue weighted by molar-refractivity contribution is 5.30. The summed E-state index contributed by atoms with van der Waals surface area (Å²) in [5, 5.41) is 0. The molecule has 4 bridgehead atoms. The van der Waals surface area contributed by atoms with Crippen molar-refractivity contribution in [2.24, 2.45) is 28.9 Å². The van der Waals surface area contributed by atoms with Crippen LogP contribution in [0.15, 0.2) is 12.1 Å². The minimum Gasteiger partial charge on any atom is -0.323 e. The van der Waals surface area contributed by atoms with Crippen LogP contribution < -0.4 is 5.73 Å². The Kier molecular flexibility index (Phi) is 2.94. The fourth-order valence-electron chi connectivity index (χ4n) is 5.81. The second kappa shape index (κ2) is 4.52. The summed E-state index contributed by atoms with van der Waals surface area (Å²) in [6.45, 7) is 1.69. The molecule has 1 aromatic carbocycles. The Bertz CT molecular complexity index is 546. The third-order valence-electron chi connectivity index (χ3n) is 6.36. The predicted molar refractivity (Wildman–Crippen MR) is 78.6 cm³/mol. The molecule has 4 fully saturated rings. The van der Waals surface area contributed by atoms with Crippen LogP contribution in [0.25, 0.3) is 0 Å². The molecule has 4 aliphatic rings. The Labute approximate surface area is 124 Å². The van der Waals surface area contributed by atoms with Crippen molar-refractivity contribution in [2.45, 2.75) is 51.5 Å². The number of aryl methyl sites for hydroxylation is 1. The van der Waals surface area contributed by atoms with Crippen LogP contribution in [0.5, 0.6) is 0 Å². The molecular weight excluding hydrogens is 268 g/mol. The van der Waals surface area contributed by atoms with E-state index in [2.05, 4.69) is 0 Å². The molecule has 5 rings (SSSR count). The molecule has 0 amide bonds. The summed E-state index contributed by atoms with van der Waals surface area (Å²) in [5.41, 5.74) is 7.62. The zero-order valence-corrected chi connectivity index (χ0v) is 12.5. The third-order valence-corrected chi connectivity index (χ3v) is 6.36. The highest BCUT2D eigenvalue weighted by atomic mass is 19.1. The summed E-state index contributed by atoms with van der Waals surface area (Å²) in [6.07, 6.45) is 7.44. The Morgan fingerprint density at radius 2 is 1.52 bits per heavy atom. The molecule has 4 aliphatic carbocycles. The van der Waals surface area contributed by atoms with Crippen molar-refractivity contribution in [3.05, 3.63) is 34.9 Å². The predicted octanol–water partition coefficient (Wildman–Crippen LogP) is 4.49. The molecule has 3 heteroatoms. The molecule has 0 aromatic heterocycles. The molecule has 0 heterocycles. The lowest BCUT2D eigenvalue weighted by Crippen LogP contribution is -2.51. The van der Waals surface area contributed by atoms with E-state index in [9.17, 15) is 8.78 Å². The average Bonchev–Trinajstić information content (AvgIpc) is 2.40. The Hall–Kier alpha value is -0.960. The van der Waals surface area contributed by atoms with Gasteiger partial charge in [0.25, 0.3) is 0 Å². The average molecular weight is 291 g/mol. The van der Waals surface area contributed by atoms with Crippen LogP contribution in [0.4, 0.5) is 8.78 Å². The van der Waals surface area contributed by atoms with Gasteiger partial charge < -0.3 is 5.73 Å². The largest absolute Gasteiger partial charge is 0.323 e. The first kappa shape index (κ1) is 13.7. The summed E-state index contributed by atoms with van der Waals surface area (Å²) in [7, 11) is 0. The third kappa shape index (κ3) is 2.04. The van der Waals surface area contributed by atoms with Gasteiger partial charge in [0.2, 0.25) is 0 Å². The van der Waals surface area contributed by atoms with Crippen LogP contribution in [-0.2, 0) is 0 Å². The normalized spacial score (nSPS) is 38.8. The minimum atomic E-state index is -0.478. The summed E-state index contributed by atoms with van der Waals surface area (Å²) < 4.78 is 27.7. The molecule has 0 radical (unpaired) electrons. The van der Waals surface area contributed by atoms with Gasteiger partial charge in [-0.25, -0.2) is 8.78 Å². The van der Waals surface area contributed by atoms with Gasteiger partial charge in [-0.15, -0.1) is 0 Å². The van der Waals surface area contributed by atoms with Crippen LogP contribution in [0.1, 0.15) is 55.7 Å². The summed E-state index contributed by atoms with van der Waals surface area (Å²) in [4.78, 5) is 0. The van der Waals surface area contributed by atoms with Gasteiger partial charge in [0.1, 0.15) is 11.6 Å². The Morgan fingerprint density at radius 3 is 2.05 bits per heavy atom. The lowest BCUT2D eigenvalue weighted by Gasteiger charge is -2.59. The van der Waals surface area contributed by atoms with Gasteiger partial charge in [0.05, 0.1) is 0 Å². The highest BCUT2D eigenvalue weighted by Gasteiger charge is 2.54. The summed E-state index contributed by atoms with van der Waals surface area (Å²) >= 11 is 0. The maximum atomic E-state index is 14.2. The molecule has 0 aliphatic heterocycles. The molecule has 2 N–H and O–H groups in total. The van der Waals surface area contributed by atoms with E-state index in [0.29, 0.717) is 11.1 Å². The van der Waals surface area contributed by atoms with E-state index in [1.54, 1.807) is 13.0 Å². The molecule has 1 aromatic rings. The molecule has 1 unspecified atom stereocenters. The van der Waals surface area contributed by atoms with Gasteiger partial charge in [-0.2, -0.15) is 0 Å². The zero-order valence-electron chi connectivity index (χ0n) is 12.5. The van der Waals surface area contributed by atoms with E-state index >= 15 is 0 Å². The van der Waals surface area contributed by atoms with Gasteiger partial charge in [0, 0.05) is 17.7 Å². The summed E-state index contributed by atoms with van der Waals surface area (Å²) in [6, 6.07) is 2.35. The van der Waals surface area contributed by atoms with Crippen molar-refractivity contribution in [1.29, 1.82) is 0 Å². The van der Waals surface area contributed by atoms with Crippen molar-refractivity contribution in [1.82, 2.24) is 0 Å². The Balaban J connectivity index is 1.71. The molecule has 0 spiro atoms.